The molecule has 0 bridgehead atoms. The van der Waals surface area contributed by atoms with Crippen LogP contribution in [0.15, 0.2) is 11.6 Å². The zero-order chi connectivity index (χ0) is 30.7. The molecule has 1 saturated heterocycles. The van der Waals surface area contributed by atoms with Crippen LogP contribution in [0, 0.1) is 50.2 Å². The maximum Gasteiger partial charge on any atom is 0.312 e. The summed E-state index contributed by atoms with van der Waals surface area (Å²) in [5.41, 5.74) is 0.518. The van der Waals surface area contributed by atoms with Gasteiger partial charge < -0.3 is 14.3 Å². The van der Waals surface area contributed by atoms with E-state index in [9.17, 15) is 14.7 Å². The Labute approximate surface area is 255 Å². The number of ketones is 1. The molecule has 236 valence electrons. The molecule has 10 atom stereocenters. The fourth-order valence-corrected chi connectivity index (χ4v) is 12.3. The van der Waals surface area contributed by atoms with E-state index in [0.29, 0.717) is 24.3 Å². The predicted molar refractivity (Wildman–Crippen MR) is 166 cm³/mol. The van der Waals surface area contributed by atoms with Crippen LogP contribution in [0.4, 0.5) is 0 Å². The number of quaternary nitrogens is 1. The number of nitrogens with zero attached hydrogens (tertiary/aromatic N) is 1. The SMILES string of the molecule is CC1(C)[C@@H](O)CC[C@]2(C)[C@H]3C(=O)C=C4[C@@H]5C[C@@](C)(C(=O)OC[C@@H]6CCC[N+]6(C)C)CC[C@]5(C)CC[C@@]4(C)[C@]3(C)CC[C@@H]12. The number of carbonyl (C=O) groups excluding carboxylic acids is 2. The first-order valence-corrected chi connectivity index (χ1v) is 17.3. The third-order valence-corrected chi connectivity index (χ3v) is 15.7. The van der Waals surface area contributed by atoms with Gasteiger partial charge in [-0.3, -0.25) is 9.59 Å². The monoisotopic (exact) mass is 582 g/mol. The van der Waals surface area contributed by atoms with Gasteiger partial charge in [-0.1, -0.05) is 47.1 Å². The van der Waals surface area contributed by atoms with Crippen molar-refractivity contribution in [2.75, 3.05) is 27.2 Å². The topological polar surface area (TPSA) is 63.6 Å². The van der Waals surface area contributed by atoms with Crippen molar-refractivity contribution >= 4 is 11.8 Å². The third-order valence-electron chi connectivity index (χ3n) is 15.7. The molecule has 0 radical (unpaired) electrons. The first-order valence-electron chi connectivity index (χ1n) is 17.3. The van der Waals surface area contributed by atoms with Gasteiger partial charge in [0, 0.05) is 18.8 Å². The number of likely N-dealkylation sites (N-methyl/N-ethyl adjacent to an activating group) is 1. The van der Waals surface area contributed by atoms with Crippen molar-refractivity contribution in [3.05, 3.63) is 11.6 Å². The van der Waals surface area contributed by atoms with E-state index in [2.05, 4.69) is 68.6 Å². The van der Waals surface area contributed by atoms with Crippen molar-refractivity contribution in [1.29, 1.82) is 0 Å². The van der Waals surface area contributed by atoms with Crippen LogP contribution in [0.5, 0.6) is 0 Å². The molecule has 1 N–H and O–H groups in total. The van der Waals surface area contributed by atoms with E-state index in [-0.39, 0.29) is 51.0 Å². The highest BCUT2D eigenvalue weighted by Gasteiger charge is 2.70. The Bertz CT molecular complexity index is 1190. The number of ether oxygens (including phenoxy) is 1. The minimum Gasteiger partial charge on any atom is -0.459 e. The van der Waals surface area contributed by atoms with E-state index >= 15 is 0 Å². The number of fused-ring (bicyclic) bond motifs is 7. The van der Waals surface area contributed by atoms with Crippen molar-refractivity contribution in [1.82, 2.24) is 0 Å². The molecule has 0 unspecified atom stereocenters. The lowest BCUT2D eigenvalue weighted by atomic mass is 9.33. The molecular formula is C37H60NO4+. The van der Waals surface area contributed by atoms with Crippen LogP contribution in [0.25, 0.3) is 0 Å². The number of aliphatic hydroxyl groups excluding tert-OH is 1. The number of carbonyl (C=O) groups is 2. The molecular weight excluding hydrogens is 522 g/mol. The molecule has 5 nitrogen and oxygen atoms in total. The van der Waals surface area contributed by atoms with Gasteiger partial charge in [0.15, 0.2) is 5.78 Å². The second-order valence-electron chi connectivity index (χ2n) is 18.5. The van der Waals surface area contributed by atoms with Crippen LogP contribution in [0.1, 0.15) is 119 Å². The molecule has 6 rings (SSSR count). The number of rotatable bonds is 3. The second-order valence-corrected chi connectivity index (χ2v) is 18.5. The summed E-state index contributed by atoms with van der Waals surface area (Å²) in [6.07, 6.45) is 12.9. The lowest BCUT2D eigenvalue weighted by molar-refractivity contribution is -0.902. The summed E-state index contributed by atoms with van der Waals surface area (Å²) in [6.45, 7) is 18.0. The van der Waals surface area contributed by atoms with Crippen LogP contribution in [-0.2, 0) is 14.3 Å². The standard InChI is InChI=1S/C37H60NO4/c1-32(2)28-12-15-37(7)30(35(28,5)14-13-29(32)40)27(39)21-25-26-22-34(4,17-16-33(26,3)18-19-36(25,37)6)31(41)42-23-24-11-10-20-38(24,8)9/h21,24,26,28-30,40H,10-20,22-23H2,1-9H3/q+1/t24-,26-,28-,29-,30+,33+,34-,35-,36+,37+/m0/s1. The van der Waals surface area contributed by atoms with Crippen LogP contribution >= 0.6 is 0 Å². The van der Waals surface area contributed by atoms with E-state index in [4.69, 9.17) is 4.74 Å². The zero-order valence-corrected chi connectivity index (χ0v) is 28.3. The van der Waals surface area contributed by atoms with Crippen molar-refractivity contribution in [3.63, 3.8) is 0 Å². The van der Waals surface area contributed by atoms with Crippen molar-refractivity contribution in [3.8, 4) is 0 Å². The molecule has 5 aliphatic carbocycles. The van der Waals surface area contributed by atoms with E-state index in [1.807, 2.05) is 0 Å². The number of likely N-dealkylation sites (tertiary alicyclic amines) is 1. The van der Waals surface area contributed by atoms with E-state index in [1.165, 1.54) is 12.0 Å². The molecule has 0 aromatic rings. The fraction of sp³-hybridized carbons (Fsp3) is 0.892. The first kappa shape index (κ1) is 30.8. The first-order chi connectivity index (χ1) is 19.3. The van der Waals surface area contributed by atoms with Crippen molar-refractivity contribution in [2.24, 2.45) is 50.2 Å². The van der Waals surface area contributed by atoms with Gasteiger partial charge >= 0.3 is 5.97 Å². The molecule has 42 heavy (non-hydrogen) atoms. The Kier molecular flexibility index (Phi) is 6.90. The van der Waals surface area contributed by atoms with Gasteiger partial charge in [0.05, 0.1) is 32.2 Å². The van der Waals surface area contributed by atoms with Gasteiger partial charge in [-0.05, 0) is 110 Å². The summed E-state index contributed by atoms with van der Waals surface area (Å²) < 4.78 is 7.08. The summed E-state index contributed by atoms with van der Waals surface area (Å²) in [7, 11) is 4.51. The molecule has 1 heterocycles. The lowest BCUT2D eigenvalue weighted by Gasteiger charge is -2.70. The number of aliphatic hydroxyl groups is 1. The lowest BCUT2D eigenvalue weighted by Crippen LogP contribution is -2.66. The zero-order valence-electron chi connectivity index (χ0n) is 28.3. The molecule has 5 fully saturated rings. The minimum absolute atomic E-state index is 0.0125. The van der Waals surface area contributed by atoms with E-state index in [0.717, 1.165) is 75.2 Å². The number of allylic oxidation sites excluding steroid dienone is 2. The van der Waals surface area contributed by atoms with Crippen LogP contribution < -0.4 is 0 Å². The molecule has 6 aliphatic rings. The number of hydrogen-bond acceptors (Lipinski definition) is 4. The number of esters is 1. The Morgan fingerprint density at radius 3 is 2.31 bits per heavy atom. The van der Waals surface area contributed by atoms with Gasteiger partial charge in [0.1, 0.15) is 12.6 Å². The van der Waals surface area contributed by atoms with Gasteiger partial charge in [-0.15, -0.1) is 0 Å². The van der Waals surface area contributed by atoms with Gasteiger partial charge in [0.25, 0.3) is 0 Å². The second kappa shape index (κ2) is 9.41. The Hall–Kier alpha value is -1.20. The summed E-state index contributed by atoms with van der Waals surface area (Å²) in [5, 5.41) is 11.0. The smallest absolute Gasteiger partial charge is 0.312 e. The van der Waals surface area contributed by atoms with Crippen LogP contribution in [-0.4, -0.2) is 60.7 Å². The highest BCUT2D eigenvalue weighted by atomic mass is 16.5. The average molecular weight is 583 g/mol. The molecule has 4 saturated carbocycles. The van der Waals surface area contributed by atoms with Crippen LogP contribution in [0.3, 0.4) is 0 Å². The fourth-order valence-electron chi connectivity index (χ4n) is 12.3. The Morgan fingerprint density at radius 1 is 0.952 bits per heavy atom. The van der Waals surface area contributed by atoms with Gasteiger partial charge in [-0.25, -0.2) is 0 Å². The quantitative estimate of drug-likeness (QED) is 0.285. The Morgan fingerprint density at radius 2 is 1.64 bits per heavy atom. The average Bonchev–Trinajstić information content (AvgIpc) is 3.24. The molecule has 0 amide bonds. The molecule has 0 aromatic heterocycles. The predicted octanol–water partition coefficient (Wildman–Crippen LogP) is 7.11. The van der Waals surface area contributed by atoms with Crippen LogP contribution in [0.2, 0.25) is 0 Å². The van der Waals surface area contributed by atoms with Crippen molar-refractivity contribution < 1.29 is 23.9 Å². The van der Waals surface area contributed by atoms with Gasteiger partial charge in [0.2, 0.25) is 0 Å². The van der Waals surface area contributed by atoms with E-state index in [1.54, 1.807) is 0 Å². The third kappa shape index (κ3) is 4.06. The number of hydrogen-bond donors (Lipinski definition) is 1. The molecule has 5 heteroatoms. The highest BCUT2D eigenvalue weighted by Crippen LogP contribution is 2.75. The van der Waals surface area contributed by atoms with Crippen molar-refractivity contribution in [2.45, 2.75) is 131 Å². The molecule has 0 aromatic carbocycles. The summed E-state index contributed by atoms with van der Waals surface area (Å²) >= 11 is 0. The maximum absolute atomic E-state index is 14.5. The molecule has 0 spiro atoms. The summed E-state index contributed by atoms with van der Waals surface area (Å²) in [5.74, 6) is 0.871. The van der Waals surface area contributed by atoms with E-state index < -0.39 is 5.41 Å². The molecule has 1 aliphatic heterocycles. The highest BCUT2D eigenvalue weighted by molar-refractivity contribution is 5.95. The minimum atomic E-state index is -0.507. The largest absolute Gasteiger partial charge is 0.459 e. The van der Waals surface area contributed by atoms with Gasteiger partial charge in [-0.2, -0.15) is 0 Å². The Balaban J connectivity index is 1.31. The summed E-state index contributed by atoms with van der Waals surface area (Å²) in [4.78, 5) is 28.3. The maximum atomic E-state index is 14.5. The normalized spacial score (nSPS) is 51.0. The summed E-state index contributed by atoms with van der Waals surface area (Å²) in [6, 6.07) is 0.391.